The molecule has 1 amide bonds. The topological polar surface area (TPSA) is 56.6 Å². The Morgan fingerprint density at radius 2 is 1.96 bits per heavy atom. The Hall–Kier alpha value is -2.67. The number of para-hydroxylation sites is 4. The van der Waals surface area contributed by atoms with Crippen LogP contribution in [0.3, 0.4) is 0 Å². The van der Waals surface area contributed by atoms with Crippen molar-refractivity contribution in [2.75, 3.05) is 26.5 Å². The van der Waals surface area contributed by atoms with Gasteiger partial charge in [0.15, 0.2) is 17.6 Å². The fourth-order valence-corrected chi connectivity index (χ4v) is 3.84. The van der Waals surface area contributed by atoms with E-state index in [1.165, 1.54) is 0 Å². The first-order chi connectivity index (χ1) is 13.7. The van der Waals surface area contributed by atoms with E-state index in [1.807, 2.05) is 59.4 Å². The van der Waals surface area contributed by atoms with E-state index in [4.69, 9.17) is 9.47 Å². The fraction of sp³-hybridized carbons (Fsp3) is 0.333. The van der Waals surface area contributed by atoms with Gasteiger partial charge in [-0.2, -0.15) is 11.8 Å². The number of rotatable bonds is 6. The molecule has 1 unspecified atom stereocenters. The molecule has 146 valence electrons. The van der Waals surface area contributed by atoms with Crippen LogP contribution in [0.4, 0.5) is 0 Å². The first-order valence-electron chi connectivity index (χ1n) is 9.21. The monoisotopic (exact) mass is 397 g/mol. The lowest BCUT2D eigenvalue weighted by Crippen LogP contribution is -2.42. The van der Waals surface area contributed by atoms with Crippen molar-refractivity contribution >= 4 is 28.7 Å². The normalized spacial score (nSPS) is 15.6. The summed E-state index contributed by atoms with van der Waals surface area (Å²) < 4.78 is 13.7. The van der Waals surface area contributed by atoms with Crippen LogP contribution in [-0.2, 0) is 17.1 Å². The molecule has 0 radical (unpaired) electrons. The molecule has 1 aliphatic heterocycles. The van der Waals surface area contributed by atoms with Crippen molar-refractivity contribution in [1.82, 2.24) is 14.5 Å². The average Bonchev–Trinajstić information content (AvgIpc) is 3.05. The third-order valence-corrected chi connectivity index (χ3v) is 5.32. The largest absolute Gasteiger partial charge is 0.486 e. The Balaban J connectivity index is 1.45. The number of carbonyl (C=O) groups is 1. The molecule has 7 heteroatoms. The highest BCUT2D eigenvalue weighted by molar-refractivity contribution is 7.97. The van der Waals surface area contributed by atoms with Crippen LogP contribution in [0.5, 0.6) is 11.5 Å². The maximum absolute atomic E-state index is 12.9. The van der Waals surface area contributed by atoms with Gasteiger partial charge in [-0.25, -0.2) is 4.98 Å². The zero-order chi connectivity index (χ0) is 19.5. The second-order valence-electron chi connectivity index (χ2n) is 6.81. The Bertz CT molecular complexity index is 988. The highest BCUT2D eigenvalue weighted by Gasteiger charge is 2.24. The second kappa shape index (κ2) is 8.14. The first kappa shape index (κ1) is 18.7. The van der Waals surface area contributed by atoms with Gasteiger partial charge in [-0.05, 0) is 30.5 Å². The van der Waals surface area contributed by atoms with E-state index in [-0.39, 0.29) is 18.6 Å². The highest BCUT2D eigenvalue weighted by atomic mass is 32.2. The number of likely N-dealkylation sites (N-methyl/N-ethyl adjacent to an activating group) is 1. The maximum Gasteiger partial charge on any atom is 0.242 e. The number of imidazole rings is 1. The number of hydrogen-bond acceptors (Lipinski definition) is 5. The average molecular weight is 398 g/mol. The van der Waals surface area contributed by atoms with Gasteiger partial charge in [-0.1, -0.05) is 24.3 Å². The molecule has 0 N–H and O–H groups in total. The minimum Gasteiger partial charge on any atom is -0.486 e. The van der Waals surface area contributed by atoms with E-state index in [9.17, 15) is 4.79 Å². The van der Waals surface area contributed by atoms with Gasteiger partial charge in [0.25, 0.3) is 0 Å². The number of carbonyl (C=O) groups excluding carboxylic acids is 1. The number of ether oxygens (including phenoxy) is 2. The molecule has 3 aromatic rings. The molecule has 1 atom stereocenters. The molecule has 0 spiro atoms. The zero-order valence-electron chi connectivity index (χ0n) is 16.0. The van der Waals surface area contributed by atoms with E-state index >= 15 is 0 Å². The molecule has 2 heterocycles. The van der Waals surface area contributed by atoms with Crippen LogP contribution in [-0.4, -0.2) is 52.9 Å². The Kier molecular flexibility index (Phi) is 5.43. The van der Waals surface area contributed by atoms with Gasteiger partial charge in [0, 0.05) is 7.05 Å². The van der Waals surface area contributed by atoms with Crippen LogP contribution in [0.1, 0.15) is 5.82 Å². The summed E-state index contributed by atoms with van der Waals surface area (Å²) in [6.07, 6.45) is 1.85. The molecular formula is C21H23N3O3S. The third kappa shape index (κ3) is 3.80. The molecule has 0 aliphatic carbocycles. The van der Waals surface area contributed by atoms with Crippen LogP contribution < -0.4 is 9.47 Å². The molecule has 2 aromatic carbocycles. The predicted molar refractivity (Wildman–Crippen MR) is 111 cm³/mol. The first-order valence-corrected chi connectivity index (χ1v) is 10.6. The van der Waals surface area contributed by atoms with Gasteiger partial charge >= 0.3 is 0 Å². The minimum absolute atomic E-state index is 0.0213. The molecule has 4 rings (SSSR count). The maximum atomic E-state index is 12.9. The number of hydrogen-bond donors (Lipinski definition) is 0. The quantitative estimate of drug-likeness (QED) is 0.639. The SMILES string of the molecule is CSCc1nc2ccccc2n1CC(=O)N(C)CC1COc2ccccc2O1. The van der Waals surface area contributed by atoms with Crippen molar-refractivity contribution in [2.45, 2.75) is 18.4 Å². The molecular weight excluding hydrogens is 374 g/mol. The van der Waals surface area contributed by atoms with Gasteiger partial charge < -0.3 is 18.9 Å². The van der Waals surface area contributed by atoms with E-state index in [0.717, 1.165) is 34.1 Å². The Labute approximate surface area is 168 Å². The number of aromatic nitrogens is 2. The van der Waals surface area contributed by atoms with Crippen molar-refractivity contribution in [2.24, 2.45) is 0 Å². The summed E-state index contributed by atoms with van der Waals surface area (Å²) in [5.74, 6) is 3.18. The van der Waals surface area contributed by atoms with Crippen LogP contribution in [0.25, 0.3) is 11.0 Å². The van der Waals surface area contributed by atoms with E-state index < -0.39 is 0 Å². The third-order valence-electron chi connectivity index (χ3n) is 4.77. The van der Waals surface area contributed by atoms with Crippen molar-refractivity contribution in [3.8, 4) is 11.5 Å². The summed E-state index contributed by atoms with van der Waals surface area (Å²) in [4.78, 5) is 19.3. The standard InChI is InChI=1S/C21H23N3O3S/c1-23(11-15-13-26-18-9-5-6-10-19(18)27-15)21(25)12-24-17-8-4-3-7-16(17)22-20(24)14-28-2/h3-10,15H,11-14H2,1-2H3. The Morgan fingerprint density at radius 3 is 2.79 bits per heavy atom. The van der Waals surface area contributed by atoms with Crippen LogP contribution in [0, 0.1) is 0 Å². The summed E-state index contributed by atoms with van der Waals surface area (Å²) in [5.41, 5.74) is 1.90. The second-order valence-corrected chi connectivity index (χ2v) is 7.67. The lowest BCUT2D eigenvalue weighted by molar-refractivity contribution is -0.131. The molecule has 0 fully saturated rings. The molecule has 6 nitrogen and oxygen atoms in total. The number of amides is 1. The van der Waals surface area contributed by atoms with Gasteiger partial charge in [0.05, 0.1) is 23.3 Å². The zero-order valence-corrected chi connectivity index (χ0v) is 16.8. The smallest absolute Gasteiger partial charge is 0.242 e. The fourth-order valence-electron chi connectivity index (χ4n) is 3.36. The van der Waals surface area contributed by atoms with Crippen molar-refractivity contribution in [3.05, 3.63) is 54.4 Å². The van der Waals surface area contributed by atoms with Gasteiger partial charge in [0.1, 0.15) is 19.0 Å². The van der Waals surface area contributed by atoms with Crippen LogP contribution in [0.15, 0.2) is 48.5 Å². The number of benzene rings is 2. The lowest BCUT2D eigenvalue weighted by atomic mass is 10.2. The predicted octanol–water partition coefficient (Wildman–Crippen LogP) is 3.20. The summed E-state index contributed by atoms with van der Waals surface area (Å²) >= 11 is 1.70. The van der Waals surface area contributed by atoms with Gasteiger partial charge in [-0.15, -0.1) is 0 Å². The van der Waals surface area contributed by atoms with E-state index in [0.29, 0.717) is 13.2 Å². The highest BCUT2D eigenvalue weighted by Crippen LogP contribution is 2.31. The molecule has 0 bridgehead atoms. The van der Waals surface area contributed by atoms with Gasteiger partial charge in [0.2, 0.25) is 5.91 Å². The van der Waals surface area contributed by atoms with Crippen molar-refractivity contribution in [1.29, 1.82) is 0 Å². The molecule has 28 heavy (non-hydrogen) atoms. The summed E-state index contributed by atoms with van der Waals surface area (Å²) in [6.45, 7) is 1.16. The lowest BCUT2D eigenvalue weighted by Gasteiger charge is -2.29. The van der Waals surface area contributed by atoms with Crippen LogP contribution in [0.2, 0.25) is 0 Å². The van der Waals surface area contributed by atoms with Crippen molar-refractivity contribution < 1.29 is 14.3 Å². The summed E-state index contributed by atoms with van der Waals surface area (Å²) in [6, 6.07) is 15.5. The minimum atomic E-state index is -0.186. The van der Waals surface area contributed by atoms with Gasteiger partial charge in [-0.3, -0.25) is 4.79 Å². The molecule has 0 saturated heterocycles. The number of nitrogens with zero attached hydrogens (tertiary/aromatic N) is 3. The number of thioether (sulfide) groups is 1. The Morgan fingerprint density at radius 1 is 1.21 bits per heavy atom. The van der Waals surface area contributed by atoms with Crippen molar-refractivity contribution in [3.63, 3.8) is 0 Å². The summed E-state index contributed by atoms with van der Waals surface area (Å²) in [5, 5.41) is 0. The summed E-state index contributed by atoms with van der Waals surface area (Å²) in [7, 11) is 1.81. The molecule has 1 aromatic heterocycles. The molecule has 1 aliphatic rings. The van der Waals surface area contributed by atoms with E-state index in [1.54, 1.807) is 23.7 Å². The van der Waals surface area contributed by atoms with E-state index in [2.05, 4.69) is 4.98 Å². The number of fused-ring (bicyclic) bond motifs is 2. The molecule has 0 saturated carbocycles. The van der Waals surface area contributed by atoms with Crippen LogP contribution >= 0.6 is 11.8 Å².